The monoisotopic (exact) mass is 315 g/mol. The summed E-state index contributed by atoms with van der Waals surface area (Å²) < 4.78 is 0. The maximum Gasteiger partial charge on any atom is 0 e. The number of hydrogen-bond donors (Lipinski definition) is 0. The average molecular weight is 316 g/mol. The predicted octanol–water partition coefficient (Wildman–Crippen LogP) is 1.72. The molecule has 0 saturated carbocycles. The second-order valence-electron chi connectivity index (χ2n) is 0.0632. The van der Waals surface area contributed by atoms with Crippen LogP contribution in [0.2, 0.25) is 0 Å². The first-order chi connectivity index (χ1) is 1.41. The summed E-state index contributed by atoms with van der Waals surface area (Å²) in [6.07, 6.45) is 0. The summed E-state index contributed by atoms with van der Waals surface area (Å²) in [4.78, 5) is 0. The fourth-order valence-electron chi connectivity index (χ4n) is 0. The maximum absolute atomic E-state index is 3.59. The molecule has 0 aliphatic rings. The van der Waals surface area contributed by atoms with Crippen molar-refractivity contribution >= 4 is 14.7 Å². The van der Waals surface area contributed by atoms with Gasteiger partial charge in [0.25, 0.3) is 0 Å². The van der Waals surface area contributed by atoms with Crippen molar-refractivity contribution in [1.29, 1.82) is 0 Å². The average Bonchev–Trinajstić information content (AvgIpc) is 0.918. The molecule has 0 aromatic heterocycles. The van der Waals surface area contributed by atoms with Gasteiger partial charge < -0.3 is 0 Å². The van der Waals surface area contributed by atoms with Crippen molar-refractivity contribution in [3.05, 3.63) is 0 Å². The third-order valence-electron chi connectivity index (χ3n) is 0. The van der Waals surface area contributed by atoms with Crippen LogP contribution >= 0.6 is 14.7 Å². The fraction of sp³-hybridized carbons (Fsp3) is 0. The Labute approximate surface area is 48.0 Å². The van der Waals surface area contributed by atoms with E-state index in [0.717, 1.165) is 12.2 Å². The zero-order valence-corrected chi connectivity index (χ0v) is 6.58. The summed E-state index contributed by atoms with van der Waals surface area (Å²) in [5, 5.41) is 0. The van der Waals surface area contributed by atoms with Crippen molar-refractivity contribution < 1.29 is 33.3 Å². The Morgan fingerprint density at radius 3 is 1.25 bits per heavy atom. The van der Waals surface area contributed by atoms with Gasteiger partial charge in [-0.1, -0.05) is 0 Å². The zero-order valence-electron chi connectivity index (χ0n) is 1.53. The van der Waals surface area contributed by atoms with Gasteiger partial charge in [0, 0.05) is 21.1 Å². The summed E-state index contributed by atoms with van der Waals surface area (Å²) >= 11 is 1.01. The van der Waals surface area contributed by atoms with Gasteiger partial charge in [-0.2, -0.15) is 0 Å². The zero-order chi connectivity index (χ0) is 2.71. The standard InChI is InChI=1S/Ni.2P.Pt. The van der Waals surface area contributed by atoms with Crippen LogP contribution in [-0.2, 0) is 33.3 Å². The summed E-state index contributed by atoms with van der Waals surface area (Å²) in [5.74, 6) is 0. The Morgan fingerprint density at radius 2 is 1.25 bits per heavy atom. The van der Waals surface area contributed by atoms with Crippen LogP contribution in [0.15, 0.2) is 0 Å². The molecule has 0 radical (unpaired) electrons. The molecule has 0 amide bonds. The molecule has 0 bridgehead atoms. The van der Waals surface area contributed by atoms with Gasteiger partial charge in [0.2, 0.25) is 0 Å². The van der Waals surface area contributed by atoms with Crippen molar-refractivity contribution in [3.63, 3.8) is 0 Å². The van der Waals surface area contributed by atoms with E-state index < -0.39 is 0 Å². The second-order valence-corrected chi connectivity index (χ2v) is 2.35. The quantitative estimate of drug-likeness (QED) is 0.472. The molecule has 0 aromatic rings. The van der Waals surface area contributed by atoms with Gasteiger partial charge in [-0.3, -0.25) is 0 Å². The van der Waals surface area contributed by atoms with E-state index in [1.54, 1.807) is 0 Å². The van der Waals surface area contributed by atoms with Crippen LogP contribution in [0, 0.1) is 0 Å². The van der Waals surface area contributed by atoms with Crippen molar-refractivity contribution in [3.8, 4) is 0 Å². The Kier molecular flexibility index (Phi) is 20.9. The minimum absolute atomic E-state index is 0. The van der Waals surface area contributed by atoms with Crippen LogP contribution in [0.5, 0.6) is 0 Å². The van der Waals surface area contributed by atoms with Gasteiger partial charge in [-0.25, -0.2) is 0 Å². The van der Waals surface area contributed by atoms with E-state index in [0.29, 0.717) is 0 Å². The maximum atomic E-state index is 3.59. The molecule has 4 heavy (non-hydrogen) atoms. The molecule has 0 aliphatic carbocycles. The molecule has 0 fully saturated rings. The van der Waals surface area contributed by atoms with Gasteiger partial charge in [0.05, 0.1) is 0 Å². The third-order valence-corrected chi connectivity index (χ3v) is 0. The molecule has 0 heterocycles. The van der Waals surface area contributed by atoms with Crippen LogP contribution in [0.1, 0.15) is 0 Å². The summed E-state index contributed by atoms with van der Waals surface area (Å²) in [5.41, 5.74) is 0. The van der Waals surface area contributed by atoms with Gasteiger partial charge in [0.15, 0.2) is 0 Å². The minimum Gasteiger partial charge on any atom is 0 e. The van der Waals surface area contributed by atoms with E-state index in [2.05, 4.69) is 14.7 Å². The van der Waals surface area contributed by atoms with Crippen LogP contribution in [0.3, 0.4) is 0 Å². The van der Waals surface area contributed by atoms with E-state index in [-0.39, 0.29) is 21.1 Å². The molecule has 0 aromatic carbocycles. The Morgan fingerprint density at radius 1 is 1.25 bits per heavy atom. The van der Waals surface area contributed by atoms with Crippen LogP contribution in [-0.4, -0.2) is 0 Å². The number of hydrogen-bond acceptors (Lipinski definition) is 0. The van der Waals surface area contributed by atoms with E-state index in [1.165, 1.54) is 0 Å². The molecule has 0 N–H and O–H groups in total. The van der Waals surface area contributed by atoms with Crippen molar-refractivity contribution in [2.24, 2.45) is 0 Å². The SMILES string of the molecule is [P]#[Ni]#[P].[Pt]. The Bertz CT molecular complexity index is 79.2. The van der Waals surface area contributed by atoms with Gasteiger partial charge in [0.1, 0.15) is 0 Å². The molecule has 0 nitrogen and oxygen atoms in total. The van der Waals surface area contributed by atoms with Crippen molar-refractivity contribution in [2.45, 2.75) is 0 Å². The summed E-state index contributed by atoms with van der Waals surface area (Å²) in [6.45, 7) is 0. The molecule has 0 saturated heterocycles. The molecule has 30 valence electrons. The van der Waals surface area contributed by atoms with Gasteiger partial charge in [-0.15, -0.1) is 0 Å². The molecule has 0 rings (SSSR count). The first-order valence-corrected chi connectivity index (χ1v) is 3.50. The van der Waals surface area contributed by atoms with E-state index >= 15 is 0 Å². The number of rotatable bonds is 0. The van der Waals surface area contributed by atoms with Crippen LogP contribution < -0.4 is 0 Å². The second kappa shape index (κ2) is 8.90. The normalized spacial score (nSPS) is 3.50. The fourth-order valence-corrected chi connectivity index (χ4v) is 0. The van der Waals surface area contributed by atoms with Crippen LogP contribution in [0.25, 0.3) is 0 Å². The van der Waals surface area contributed by atoms with Crippen molar-refractivity contribution in [2.75, 3.05) is 0 Å². The Balaban J connectivity index is 0. The molecular formula is NiP2Pt. The molecule has 4 heteroatoms. The first kappa shape index (κ1) is 9.40. The van der Waals surface area contributed by atoms with E-state index in [9.17, 15) is 0 Å². The molecule has 0 atom stereocenters. The molecule has 0 spiro atoms. The summed E-state index contributed by atoms with van der Waals surface area (Å²) in [6, 6.07) is 0. The predicted molar refractivity (Wildman–Crippen MR) is 13.8 cm³/mol. The third kappa shape index (κ3) is 8.97. The molecular weight excluding hydrogens is 316 g/mol. The van der Waals surface area contributed by atoms with Gasteiger partial charge >= 0.3 is 26.9 Å². The smallest absolute Gasteiger partial charge is 0 e. The van der Waals surface area contributed by atoms with E-state index in [4.69, 9.17) is 0 Å². The summed E-state index contributed by atoms with van der Waals surface area (Å²) in [7, 11) is 7.18. The molecule has 0 aliphatic heterocycles. The topological polar surface area (TPSA) is 0 Å². The van der Waals surface area contributed by atoms with Crippen LogP contribution in [0.4, 0.5) is 0 Å². The minimum atomic E-state index is 0. The van der Waals surface area contributed by atoms with Gasteiger partial charge in [-0.05, 0) is 0 Å². The van der Waals surface area contributed by atoms with Crippen molar-refractivity contribution in [1.82, 2.24) is 0 Å². The largest absolute Gasteiger partial charge is 0 e. The molecule has 0 unspecified atom stereocenters. The first-order valence-electron chi connectivity index (χ1n) is 0.283. The van der Waals surface area contributed by atoms with E-state index in [1.807, 2.05) is 0 Å². The Hall–Kier alpha value is 2.04.